The van der Waals surface area contributed by atoms with E-state index in [0.29, 0.717) is 22.0 Å². The fourth-order valence-corrected chi connectivity index (χ4v) is 5.30. The topological polar surface area (TPSA) is 55.4 Å². The molecular formula is C22H26BrNO3S. The number of carbonyl (C=O) groups excluding carboxylic acids is 2. The van der Waals surface area contributed by atoms with Crippen LogP contribution >= 0.6 is 27.3 Å². The van der Waals surface area contributed by atoms with Gasteiger partial charge in [0.15, 0.2) is 0 Å². The number of fused-ring (bicyclic) bond motifs is 1. The number of benzene rings is 1. The van der Waals surface area contributed by atoms with Gasteiger partial charge in [-0.1, -0.05) is 43.1 Å². The quantitative estimate of drug-likeness (QED) is 0.545. The van der Waals surface area contributed by atoms with Crippen molar-refractivity contribution in [2.75, 3.05) is 12.4 Å². The lowest BCUT2D eigenvalue weighted by atomic mass is 9.69. The van der Waals surface area contributed by atoms with Gasteiger partial charge >= 0.3 is 5.97 Å². The normalized spacial score (nSPS) is 16.4. The summed E-state index contributed by atoms with van der Waals surface area (Å²) in [5, 5.41) is 3.55. The summed E-state index contributed by atoms with van der Waals surface area (Å²) < 4.78 is 5.94. The number of carbonyl (C=O) groups is 2. The first kappa shape index (κ1) is 21.1. The number of ether oxygens (including phenoxy) is 1. The second kappa shape index (κ2) is 8.37. The van der Waals surface area contributed by atoms with Crippen molar-refractivity contribution in [3.63, 3.8) is 0 Å². The number of amides is 1. The molecule has 1 N–H and O–H groups in total. The maximum absolute atomic E-state index is 12.7. The fraction of sp³-hybridized carbons (Fsp3) is 0.455. The first-order valence-electron chi connectivity index (χ1n) is 9.56. The average molecular weight is 464 g/mol. The lowest BCUT2D eigenvalue weighted by molar-refractivity contribution is 0.0600. The third-order valence-corrected chi connectivity index (χ3v) is 7.70. The van der Waals surface area contributed by atoms with Crippen molar-refractivity contribution >= 4 is 44.1 Å². The molecule has 28 heavy (non-hydrogen) atoms. The van der Waals surface area contributed by atoms with Crippen LogP contribution in [0, 0.1) is 11.3 Å². The molecule has 150 valence electrons. The van der Waals surface area contributed by atoms with Crippen molar-refractivity contribution in [3.8, 4) is 0 Å². The van der Waals surface area contributed by atoms with Crippen molar-refractivity contribution in [2.24, 2.45) is 11.3 Å². The van der Waals surface area contributed by atoms with E-state index >= 15 is 0 Å². The smallest absolute Gasteiger partial charge is 0.341 e. The molecule has 1 amide bonds. The number of anilines is 1. The Morgan fingerprint density at radius 1 is 1.29 bits per heavy atom. The molecule has 1 atom stereocenters. The van der Waals surface area contributed by atoms with Crippen molar-refractivity contribution in [3.05, 3.63) is 50.3 Å². The average Bonchev–Trinajstić information content (AvgIpc) is 3.04. The first-order chi connectivity index (χ1) is 13.3. The molecule has 0 saturated carbocycles. The highest BCUT2D eigenvalue weighted by molar-refractivity contribution is 9.10. The molecule has 2 aromatic rings. The Morgan fingerprint density at radius 3 is 2.57 bits per heavy atom. The van der Waals surface area contributed by atoms with Crippen molar-refractivity contribution in [2.45, 2.75) is 46.5 Å². The summed E-state index contributed by atoms with van der Waals surface area (Å²) in [6, 6.07) is 7.16. The van der Waals surface area contributed by atoms with Gasteiger partial charge in [0.2, 0.25) is 0 Å². The van der Waals surface area contributed by atoms with E-state index in [-0.39, 0.29) is 17.3 Å². The summed E-state index contributed by atoms with van der Waals surface area (Å²) in [5.41, 5.74) is 2.38. The SMILES string of the molecule is CCC(C)(C)[C@H]1CCc2c(sc(NC(=O)c3ccc(Br)cc3)c2C(=O)OC)C1. The van der Waals surface area contributed by atoms with Gasteiger partial charge in [-0.2, -0.15) is 0 Å². The van der Waals surface area contributed by atoms with Gasteiger partial charge in [0.05, 0.1) is 12.7 Å². The zero-order valence-corrected chi connectivity index (χ0v) is 19.1. The second-order valence-electron chi connectivity index (χ2n) is 7.94. The van der Waals surface area contributed by atoms with E-state index in [1.807, 2.05) is 12.1 Å². The van der Waals surface area contributed by atoms with E-state index in [0.717, 1.165) is 35.7 Å². The Morgan fingerprint density at radius 2 is 1.96 bits per heavy atom. The number of thiophene rings is 1. The lowest BCUT2D eigenvalue weighted by Crippen LogP contribution is -2.28. The van der Waals surface area contributed by atoms with Crippen LogP contribution in [0.1, 0.15) is 64.8 Å². The molecule has 0 radical (unpaired) electrons. The van der Waals surface area contributed by atoms with E-state index < -0.39 is 0 Å². The van der Waals surface area contributed by atoms with Gasteiger partial charge in [0.1, 0.15) is 5.00 Å². The molecule has 3 rings (SSSR count). The molecule has 1 aromatic carbocycles. The summed E-state index contributed by atoms with van der Waals surface area (Å²) in [7, 11) is 1.39. The van der Waals surface area contributed by atoms with Crippen LogP contribution in [0.3, 0.4) is 0 Å². The van der Waals surface area contributed by atoms with Crippen LogP contribution in [-0.2, 0) is 17.6 Å². The van der Waals surface area contributed by atoms with Gasteiger partial charge in [0.25, 0.3) is 5.91 Å². The summed E-state index contributed by atoms with van der Waals surface area (Å²) >= 11 is 4.90. The molecule has 6 heteroatoms. The standard InChI is InChI=1S/C22H26BrNO3S/c1-5-22(2,3)14-8-11-16-17(12-14)28-20(18(16)21(26)27-4)24-19(25)13-6-9-15(23)10-7-13/h6-7,9-10,14H,5,8,11-12H2,1-4H3,(H,24,25)/t14-/m0/s1. The highest BCUT2D eigenvalue weighted by Gasteiger charge is 2.35. The van der Waals surface area contributed by atoms with Gasteiger partial charge in [-0.3, -0.25) is 4.79 Å². The monoisotopic (exact) mass is 463 g/mol. The largest absolute Gasteiger partial charge is 0.465 e. The maximum Gasteiger partial charge on any atom is 0.341 e. The van der Waals surface area contributed by atoms with Crippen molar-refractivity contribution in [1.82, 2.24) is 0 Å². The number of halogens is 1. The van der Waals surface area contributed by atoms with Crippen LogP contribution in [0.4, 0.5) is 5.00 Å². The Kier molecular flexibility index (Phi) is 6.30. The number of nitrogens with one attached hydrogen (secondary N) is 1. The highest BCUT2D eigenvalue weighted by atomic mass is 79.9. The van der Waals surface area contributed by atoms with Gasteiger partial charge in [-0.25, -0.2) is 4.79 Å². The van der Waals surface area contributed by atoms with Gasteiger partial charge < -0.3 is 10.1 Å². The Labute approximate surface area is 178 Å². The van der Waals surface area contributed by atoms with E-state index in [9.17, 15) is 9.59 Å². The zero-order valence-electron chi connectivity index (χ0n) is 16.7. The first-order valence-corrected chi connectivity index (χ1v) is 11.2. The number of rotatable bonds is 5. The molecule has 0 bridgehead atoms. The predicted octanol–water partition coefficient (Wildman–Crippen LogP) is 6.09. The molecule has 0 saturated heterocycles. The van der Waals surface area contributed by atoms with Crippen molar-refractivity contribution < 1.29 is 14.3 Å². The maximum atomic E-state index is 12.7. The molecule has 1 aliphatic carbocycles. The van der Waals surface area contributed by atoms with E-state index in [2.05, 4.69) is 42.0 Å². The Balaban J connectivity index is 1.92. The molecule has 1 aromatic heterocycles. The minimum absolute atomic E-state index is 0.221. The number of hydrogen-bond donors (Lipinski definition) is 1. The fourth-order valence-electron chi connectivity index (χ4n) is 3.72. The van der Waals surface area contributed by atoms with Crippen LogP contribution < -0.4 is 5.32 Å². The minimum Gasteiger partial charge on any atom is -0.465 e. The van der Waals surface area contributed by atoms with E-state index in [1.165, 1.54) is 23.3 Å². The predicted molar refractivity (Wildman–Crippen MR) is 117 cm³/mol. The third kappa shape index (κ3) is 4.18. The Hall–Kier alpha value is -1.66. The van der Waals surface area contributed by atoms with E-state index in [4.69, 9.17) is 4.74 Å². The summed E-state index contributed by atoms with van der Waals surface area (Å²) in [4.78, 5) is 26.4. The summed E-state index contributed by atoms with van der Waals surface area (Å²) in [5.74, 6) is -0.0253. The van der Waals surface area contributed by atoms with Gasteiger partial charge in [0, 0.05) is 14.9 Å². The molecule has 4 nitrogen and oxygen atoms in total. The zero-order chi connectivity index (χ0) is 20.5. The summed E-state index contributed by atoms with van der Waals surface area (Å²) in [6.07, 6.45) is 3.96. The van der Waals surface area contributed by atoms with Crippen LogP contribution in [0.25, 0.3) is 0 Å². The van der Waals surface area contributed by atoms with Crippen LogP contribution in [-0.4, -0.2) is 19.0 Å². The van der Waals surface area contributed by atoms with Crippen molar-refractivity contribution in [1.29, 1.82) is 0 Å². The number of hydrogen-bond acceptors (Lipinski definition) is 4. The summed E-state index contributed by atoms with van der Waals surface area (Å²) in [6.45, 7) is 6.86. The molecule has 0 spiro atoms. The Bertz CT molecular complexity index is 886. The van der Waals surface area contributed by atoms with Crippen LogP contribution in [0.15, 0.2) is 28.7 Å². The van der Waals surface area contributed by atoms with Gasteiger partial charge in [-0.15, -0.1) is 11.3 Å². The molecule has 1 aliphatic rings. The second-order valence-corrected chi connectivity index (χ2v) is 9.96. The lowest BCUT2D eigenvalue weighted by Gasteiger charge is -2.36. The highest BCUT2D eigenvalue weighted by Crippen LogP contribution is 2.45. The molecule has 0 unspecified atom stereocenters. The molecular weight excluding hydrogens is 438 g/mol. The molecule has 0 aliphatic heterocycles. The molecule has 0 fully saturated rings. The minimum atomic E-state index is -0.378. The van der Waals surface area contributed by atoms with Crippen LogP contribution in [0.2, 0.25) is 0 Å². The molecule has 1 heterocycles. The van der Waals surface area contributed by atoms with Crippen LogP contribution in [0.5, 0.6) is 0 Å². The third-order valence-electron chi connectivity index (χ3n) is 6.00. The van der Waals surface area contributed by atoms with E-state index in [1.54, 1.807) is 12.1 Å². The van der Waals surface area contributed by atoms with Gasteiger partial charge in [-0.05, 0) is 60.4 Å². The number of esters is 1. The number of methoxy groups -OCH3 is 1.